The Morgan fingerprint density at radius 1 is 0.262 bits per heavy atom. The SMILES string of the molecule is CCCCC/C=C\C/C=C\CCCCCCCC(=O)O.CCCCC/C=C\C/C=C\CCCCCCCC(=O)OCC(COC(=O)CCCCCCCCCCCCCCC)OC(=O)CCCCCCC/C=C\CCCCCCCC.CCCCCCCC/C=C\CCCCCCCC(=O)[O-].CCCCCCCCCCCCCCCC(=O)[O-].OCC(O)CO.[2HH].[H-].[Na+].[Na+].[Na+].[Na+].[OH-]. The fraction of sp³-hybridized carbons (Fsp3) is 0.836. The zero-order chi connectivity index (χ0) is 92.6. The molecule has 0 aromatic rings. The number of ether oxygens (including phenoxy) is 3. The Hall–Kier alpha value is -0.900. The molecule has 0 heterocycles. The molecule has 0 saturated carbocycles. The molecule has 748 valence electrons. The van der Waals surface area contributed by atoms with Crippen molar-refractivity contribution in [1.29, 1.82) is 0 Å². The predicted molar refractivity (Wildman–Crippen MR) is 533 cm³/mol. The van der Waals surface area contributed by atoms with Crippen LogP contribution in [0.1, 0.15) is 558 Å². The first-order chi connectivity index (χ1) is 61.1. The van der Waals surface area contributed by atoms with E-state index in [0.717, 1.165) is 141 Å². The van der Waals surface area contributed by atoms with E-state index in [2.05, 4.69) is 114 Å². The summed E-state index contributed by atoms with van der Waals surface area (Å²) in [6, 6.07) is 0. The van der Waals surface area contributed by atoms with Crippen LogP contribution in [0, 0.1) is 0 Å². The number of aliphatic hydroxyl groups excluding tert-OH is 3. The second kappa shape index (κ2) is 139. The van der Waals surface area contributed by atoms with Gasteiger partial charge in [0.25, 0.3) is 0 Å². The van der Waals surface area contributed by atoms with Gasteiger partial charge in [0.05, 0.1) is 13.2 Å². The van der Waals surface area contributed by atoms with Gasteiger partial charge >= 0.3 is 142 Å². The van der Waals surface area contributed by atoms with Gasteiger partial charge in [-0.1, -0.05) is 435 Å². The van der Waals surface area contributed by atoms with E-state index in [9.17, 15) is 39.0 Å². The van der Waals surface area contributed by atoms with Crippen LogP contribution in [-0.2, 0) is 43.0 Å². The maximum absolute atomic E-state index is 12.8. The normalized spacial score (nSPS) is 11.2. The molecule has 0 radical (unpaired) electrons. The Balaban J connectivity index is -0.000000165. The molecule has 16 nitrogen and oxygen atoms in total. The van der Waals surface area contributed by atoms with Gasteiger partial charge in [-0.05, 0) is 167 Å². The van der Waals surface area contributed by atoms with Gasteiger partial charge in [0.1, 0.15) is 19.3 Å². The number of hydrogen-bond donors (Lipinski definition) is 4. The first-order valence-electron chi connectivity index (χ1n) is 53.1. The molecule has 1 atom stereocenters. The Bertz CT molecular complexity index is 2380. The van der Waals surface area contributed by atoms with E-state index in [1.54, 1.807) is 0 Å². The monoisotopic (exact) mass is 1880 g/mol. The van der Waals surface area contributed by atoms with E-state index >= 15 is 0 Å². The van der Waals surface area contributed by atoms with E-state index in [4.69, 9.17) is 34.6 Å². The zero-order valence-electron chi connectivity index (χ0n) is 88.2. The molecule has 0 spiro atoms. The molecule has 0 fully saturated rings. The van der Waals surface area contributed by atoms with E-state index in [-0.39, 0.29) is 184 Å². The number of esters is 3. The third-order valence-corrected chi connectivity index (χ3v) is 22.5. The summed E-state index contributed by atoms with van der Waals surface area (Å²) in [7, 11) is 0. The number of rotatable bonds is 93. The predicted octanol–water partition coefficient (Wildman–Crippen LogP) is 18.7. The van der Waals surface area contributed by atoms with Gasteiger partial charge in [-0.2, -0.15) is 0 Å². The number of unbranched alkanes of at least 4 members (excludes halogenated alkanes) is 62. The molecule has 0 rings (SSSR count). The summed E-state index contributed by atoms with van der Waals surface area (Å²) in [6.45, 7) is 12.6. The summed E-state index contributed by atoms with van der Waals surface area (Å²) in [6.07, 6.45) is 117. The molecule has 0 aliphatic carbocycles. The van der Waals surface area contributed by atoms with Gasteiger partial charge in [-0.25, -0.2) is 0 Å². The summed E-state index contributed by atoms with van der Waals surface area (Å²) in [5, 5.41) is 52.9. The number of carbonyl (C=O) groups excluding carboxylic acids is 5. The van der Waals surface area contributed by atoms with Gasteiger partial charge in [0, 0.05) is 39.0 Å². The Labute approximate surface area is 894 Å². The average molecular weight is 1880 g/mol. The molecule has 0 amide bonds. The first-order valence-corrected chi connectivity index (χ1v) is 53.1. The largest absolute Gasteiger partial charge is 1.00 e. The molecule has 130 heavy (non-hydrogen) atoms. The molecule has 0 aliphatic rings. The van der Waals surface area contributed by atoms with E-state index in [1.165, 1.54) is 334 Å². The molecule has 0 aromatic carbocycles. The second-order valence-corrected chi connectivity index (χ2v) is 35.2. The Morgan fingerprint density at radius 3 is 0.631 bits per heavy atom. The van der Waals surface area contributed by atoms with Crippen LogP contribution in [0.3, 0.4) is 0 Å². The van der Waals surface area contributed by atoms with Gasteiger partial charge in [0.15, 0.2) is 6.10 Å². The van der Waals surface area contributed by atoms with Crippen molar-refractivity contribution in [3.05, 3.63) is 72.9 Å². The quantitative estimate of drug-likeness (QED) is 0.0145. The van der Waals surface area contributed by atoms with E-state index < -0.39 is 30.1 Å². The fourth-order valence-electron chi connectivity index (χ4n) is 14.4. The maximum Gasteiger partial charge on any atom is 1.00 e. The second-order valence-electron chi connectivity index (χ2n) is 35.2. The molecule has 0 aromatic heterocycles. The van der Waals surface area contributed by atoms with E-state index in [0.29, 0.717) is 25.7 Å². The van der Waals surface area contributed by atoms with Gasteiger partial charge in [-0.3, -0.25) is 19.2 Å². The Morgan fingerprint density at radius 2 is 0.431 bits per heavy atom. The van der Waals surface area contributed by atoms with Crippen LogP contribution in [0.15, 0.2) is 72.9 Å². The molecular formula is C110H208Na4O16. The number of carbonyl (C=O) groups is 6. The van der Waals surface area contributed by atoms with Crippen molar-refractivity contribution in [3.8, 4) is 0 Å². The van der Waals surface area contributed by atoms with Crippen LogP contribution < -0.4 is 128 Å². The smallest absolute Gasteiger partial charge is 1.00 e. The minimum atomic E-state index is -0.954. The minimum Gasteiger partial charge on any atom is -1.00 e. The van der Waals surface area contributed by atoms with Gasteiger partial charge < -0.3 is 61.3 Å². The minimum absolute atomic E-state index is 0. The van der Waals surface area contributed by atoms with Gasteiger partial charge in [-0.15, -0.1) is 0 Å². The number of aliphatic carboxylic acids is 3. The topological polar surface area (TPSA) is 287 Å². The first kappa shape index (κ1) is 149. The summed E-state index contributed by atoms with van der Waals surface area (Å²) in [4.78, 5) is 68.7. The molecule has 1 unspecified atom stereocenters. The zero-order valence-corrected chi connectivity index (χ0v) is 95.2. The van der Waals surface area contributed by atoms with Crippen molar-refractivity contribution in [1.82, 2.24) is 0 Å². The number of aliphatic hydroxyl groups is 3. The van der Waals surface area contributed by atoms with Crippen molar-refractivity contribution in [3.63, 3.8) is 0 Å². The van der Waals surface area contributed by atoms with Crippen molar-refractivity contribution < 1.29 is 200 Å². The number of allylic oxidation sites excluding steroid dienone is 12. The molecule has 20 heteroatoms. The third-order valence-electron chi connectivity index (χ3n) is 22.5. The summed E-state index contributed by atoms with van der Waals surface area (Å²) < 4.78 is 16.8. The molecule has 0 aliphatic heterocycles. The van der Waals surface area contributed by atoms with Crippen LogP contribution in [-0.4, -0.2) is 100 Å². The standard InChI is InChI=1S/C55H100O6.C18H34O2.C18H32O2.C16H32O2.C3H8O3.4Na.H2O.H2.H/c1-4-7-10-13-16-19-22-25-27-30-33-36-39-42-45-48-54(57)60-51-52(50-59-53(56)47-44-41-38-35-32-29-24-21-18-15-12-9-6-3)61-55(58)49-46-43-40-37-34-31-28-26-23-20-17-14-11-8-5-2;2*1-2-3-4-5-6-7-8-9-10-11-12-13-14-15-16-17-18(19)20;1-2-3-4-5-6-7-8-9-10-11-12-13-14-15-16(17)18;4-1-3(6)2-5;;;;;;;/h16,19,25-28,52H,4-15,17-18,20-24,29-51H2,1-3H3;9-10H,2-8,11-17H2,1H3,(H,19,20);6-7,9-10H,2-5,8,11-17H2,1H3,(H,19,20);2-15H2,1H3,(H,17,18);3-6H,1-2H2;;;;;1H2;1H;/q;;;;;4*+1;;;-1/p-3/b19-16-,27-25-,28-26-;10-9-;7-6-,10-9-;;;;;;;;;/i;;;;;;;;;;1+1;. The maximum atomic E-state index is 12.8. The number of hydrogen-bond acceptors (Lipinski definition) is 15. The number of carboxylic acid groups (broad SMARTS) is 3. The van der Waals surface area contributed by atoms with Crippen LogP contribution in [0.25, 0.3) is 0 Å². The van der Waals surface area contributed by atoms with Crippen LogP contribution >= 0.6 is 0 Å². The summed E-state index contributed by atoms with van der Waals surface area (Å²) >= 11 is 0. The van der Waals surface area contributed by atoms with Crippen LogP contribution in [0.4, 0.5) is 0 Å². The Kier molecular flexibility index (Phi) is 159. The van der Waals surface area contributed by atoms with Crippen molar-refractivity contribution in [2.75, 3.05) is 26.4 Å². The average Bonchev–Trinajstić information content (AvgIpc) is 0.940. The summed E-state index contributed by atoms with van der Waals surface area (Å²) in [5.41, 5.74) is 0. The van der Waals surface area contributed by atoms with E-state index in [1.807, 2.05) is 0 Å². The van der Waals surface area contributed by atoms with Crippen molar-refractivity contribution in [2.45, 2.75) is 567 Å². The molecule has 0 bridgehead atoms. The third kappa shape index (κ3) is 153. The number of carboxylic acids is 3. The van der Waals surface area contributed by atoms with Crippen molar-refractivity contribution >= 4 is 35.8 Å². The van der Waals surface area contributed by atoms with Gasteiger partial charge in [0.2, 0.25) is 0 Å². The van der Waals surface area contributed by atoms with Crippen LogP contribution in [0.2, 0.25) is 0 Å². The van der Waals surface area contributed by atoms with Crippen LogP contribution in [0.5, 0.6) is 0 Å². The fourth-order valence-corrected chi connectivity index (χ4v) is 14.4. The molecule has 0 saturated heterocycles. The van der Waals surface area contributed by atoms with Crippen molar-refractivity contribution in [2.24, 2.45) is 0 Å². The molecule has 5 N–H and O–H groups in total. The summed E-state index contributed by atoms with van der Waals surface area (Å²) in [5.74, 6) is -3.38. The molecular weight excluding hydrogens is 1670 g/mol.